The van der Waals surface area contributed by atoms with Gasteiger partial charge in [0.1, 0.15) is 0 Å². The minimum absolute atomic E-state index is 0.353. The third-order valence-electron chi connectivity index (χ3n) is 2.48. The van der Waals surface area contributed by atoms with Crippen molar-refractivity contribution in [2.75, 3.05) is 0 Å². The maximum absolute atomic E-state index is 12.5. The van der Waals surface area contributed by atoms with Crippen LogP contribution in [0.3, 0.4) is 0 Å². The number of hydrogen-bond acceptors (Lipinski definition) is 2. The molecule has 94 valence electrons. The molecule has 0 aliphatic carbocycles. The van der Waals surface area contributed by atoms with Crippen LogP contribution in [0.25, 0.3) is 0 Å². The number of benzene rings is 1. The average Bonchev–Trinajstić information content (AvgIpc) is 2.19. The Morgan fingerprint density at radius 3 is 2.35 bits per heavy atom. The number of ketones is 1. The predicted octanol–water partition coefficient (Wildman–Crippen LogP) is 2.84. The lowest BCUT2D eigenvalue weighted by Crippen LogP contribution is -2.57. The molecule has 1 unspecified atom stereocenters. The van der Waals surface area contributed by atoms with E-state index in [2.05, 4.69) is 15.9 Å². The first-order valence-electron chi connectivity index (χ1n) is 4.78. The van der Waals surface area contributed by atoms with Crippen molar-refractivity contribution in [3.05, 3.63) is 34.3 Å². The van der Waals surface area contributed by atoms with Gasteiger partial charge in [-0.1, -0.05) is 34.1 Å². The average molecular weight is 310 g/mol. The van der Waals surface area contributed by atoms with E-state index >= 15 is 0 Å². The monoisotopic (exact) mass is 309 g/mol. The van der Waals surface area contributed by atoms with Gasteiger partial charge in [-0.05, 0) is 18.6 Å². The fourth-order valence-corrected chi connectivity index (χ4v) is 1.58. The first-order valence-corrected chi connectivity index (χ1v) is 5.58. The molecule has 1 aromatic rings. The molecule has 1 aromatic carbocycles. The standard InChI is InChI=1S/C11H11BrF3NO/c1-10(16,11(13,14)15)9(17)6-7-4-2-3-5-8(7)12/h2-5H,6,16H2,1H3. The Hall–Kier alpha value is -0.880. The van der Waals surface area contributed by atoms with Gasteiger partial charge in [0.2, 0.25) is 0 Å². The number of rotatable bonds is 3. The number of carbonyl (C=O) groups excluding carboxylic acids is 1. The van der Waals surface area contributed by atoms with Gasteiger partial charge < -0.3 is 5.73 Å². The zero-order valence-corrected chi connectivity index (χ0v) is 10.6. The molecule has 0 radical (unpaired) electrons. The highest BCUT2D eigenvalue weighted by Crippen LogP contribution is 2.30. The Balaban J connectivity index is 2.91. The molecule has 17 heavy (non-hydrogen) atoms. The van der Waals surface area contributed by atoms with Crippen LogP contribution in [0.4, 0.5) is 13.2 Å². The lowest BCUT2D eigenvalue weighted by Gasteiger charge is -2.26. The van der Waals surface area contributed by atoms with Crippen molar-refractivity contribution in [1.82, 2.24) is 0 Å². The van der Waals surface area contributed by atoms with Crippen LogP contribution in [0, 0.1) is 0 Å². The van der Waals surface area contributed by atoms with Crippen LogP contribution in [0.15, 0.2) is 28.7 Å². The van der Waals surface area contributed by atoms with E-state index in [9.17, 15) is 18.0 Å². The van der Waals surface area contributed by atoms with E-state index in [0.717, 1.165) is 0 Å². The van der Waals surface area contributed by atoms with Crippen LogP contribution in [-0.4, -0.2) is 17.5 Å². The molecular formula is C11H11BrF3NO. The van der Waals surface area contributed by atoms with Crippen molar-refractivity contribution in [2.45, 2.75) is 25.1 Å². The summed E-state index contributed by atoms with van der Waals surface area (Å²) >= 11 is 3.17. The minimum Gasteiger partial charge on any atom is -0.312 e. The van der Waals surface area contributed by atoms with E-state index < -0.39 is 17.5 Å². The lowest BCUT2D eigenvalue weighted by molar-refractivity contribution is -0.185. The first kappa shape index (κ1) is 14.2. The van der Waals surface area contributed by atoms with E-state index in [-0.39, 0.29) is 6.42 Å². The molecule has 0 amide bonds. The topological polar surface area (TPSA) is 43.1 Å². The third kappa shape index (κ3) is 3.07. The third-order valence-corrected chi connectivity index (χ3v) is 3.25. The van der Waals surface area contributed by atoms with E-state index in [4.69, 9.17) is 5.73 Å². The summed E-state index contributed by atoms with van der Waals surface area (Å²) < 4.78 is 38.2. The van der Waals surface area contributed by atoms with Gasteiger partial charge in [-0.3, -0.25) is 4.79 Å². The summed E-state index contributed by atoms with van der Waals surface area (Å²) in [6.07, 6.45) is -5.10. The van der Waals surface area contributed by atoms with Crippen molar-refractivity contribution in [3.8, 4) is 0 Å². The molecular weight excluding hydrogens is 299 g/mol. The summed E-state index contributed by atoms with van der Waals surface area (Å²) in [7, 11) is 0. The smallest absolute Gasteiger partial charge is 0.312 e. The van der Waals surface area contributed by atoms with Gasteiger partial charge in [0.25, 0.3) is 0 Å². The van der Waals surface area contributed by atoms with Crippen LogP contribution in [0.5, 0.6) is 0 Å². The Bertz CT molecular complexity index is 429. The quantitative estimate of drug-likeness (QED) is 0.933. The van der Waals surface area contributed by atoms with Gasteiger partial charge in [-0.2, -0.15) is 13.2 Å². The highest BCUT2D eigenvalue weighted by Gasteiger charge is 2.53. The predicted molar refractivity (Wildman–Crippen MR) is 61.5 cm³/mol. The summed E-state index contributed by atoms with van der Waals surface area (Å²) in [4.78, 5) is 11.6. The minimum atomic E-state index is -4.74. The SMILES string of the molecule is CC(N)(C(=O)Cc1ccccc1Br)C(F)(F)F. The highest BCUT2D eigenvalue weighted by molar-refractivity contribution is 9.10. The van der Waals surface area contributed by atoms with Gasteiger partial charge >= 0.3 is 6.18 Å². The molecule has 1 rings (SSSR count). The van der Waals surface area contributed by atoms with Crippen molar-refractivity contribution in [1.29, 1.82) is 0 Å². The number of hydrogen-bond donors (Lipinski definition) is 1. The van der Waals surface area contributed by atoms with Gasteiger partial charge in [0.05, 0.1) is 0 Å². The van der Waals surface area contributed by atoms with Crippen molar-refractivity contribution in [3.63, 3.8) is 0 Å². The Morgan fingerprint density at radius 2 is 1.88 bits per heavy atom. The lowest BCUT2D eigenvalue weighted by atomic mass is 9.92. The molecule has 0 saturated carbocycles. The fourth-order valence-electron chi connectivity index (χ4n) is 1.16. The molecule has 0 saturated heterocycles. The van der Waals surface area contributed by atoms with Gasteiger partial charge in [0, 0.05) is 10.9 Å². The second-order valence-electron chi connectivity index (χ2n) is 3.89. The molecule has 1 atom stereocenters. The molecule has 0 spiro atoms. The van der Waals surface area contributed by atoms with Gasteiger partial charge in [-0.15, -0.1) is 0 Å². The summed E-state index contributed by atoms with van der Waals surface area (Å²) in [5, 5.41) is 0. The molecule has 0 aromatic heterocycles. The van der Waals surface area contributed by atoms with Crippen LogP contribution in [0.1, 0.15) is 12.5 Å². The van der Waals surface area contributed by atoms with E-state index in [1.165, 1.54) is 0 Å². The normalized spacial score (nSPS) is 15.4. The van der Waals surface area contributed by atoms with Gasteiger partial charge in [0.15, 0.2) is 11.3 Å². The molecule has 0 aliphatic heterocycles. The first-order chi connectivity index (χ1) is 7.66. The summed E-state index contributed by atoms with van der Waals surface area (Å²) in [6, 6.07) is 6.59. The molecule has 0 aliphatic rings. The second kappa shape index (κ2) is 4.78. The number of Topliss-reactive ketones (excluding diaryl/α,β-unsaturated/α-hetero) is 1. The molecule has 2 nitrogen and oxygen atoms in total. The number of carbonyl (C=O) groups is 1. The zero-order chi connectivity index (χ0) is 13.3. The highest BCUT2D eigenvalue weighted by atomic mass is 79.9. The maximum Gasteiger partial charge on any atom is 0.413 e. The fraction of sp³-hybridized carbons (Fsp3) is 0.364. The van der Waals surface area contributed by atoms with Crippen molar-refractivity contribution in [2.24, 2.45) is 5.73 Å². The van der Waals surface area contributed by atoms with Crippen molar-refractivity contribution < 1.29 is 18.0 Å². The number of nitrogens with two attached hydrogens (primary N) is 1. The van der Waals surface area contributed by atoms with E-state index in [0.29, 0.717) is 17.0 Å². The van der Waals surface area contributed by atoms with E-state index in [1.54, 1.807) is 24.3 Å². The summed E-state index contributed by atoms with van der Waals surface area (Å²) in [5.74, 6) is -1.06. The number of halogens is 4. The van der Waals surface area contributed by atoms with Crippen LogP contribution < -0.4 is 5.73 Å². The van der Waals surface area contributed by atoms with E-state index in [1.807, 2.05) is 0 Å². The zero-order valence-electron chi connectivity index (χ0n) is 9.01. The number of alkyl halides is 3. The maximum atomic E-state index is 12.5. The van der Waals surface area contributed by atoms with Crippen LogP contribution in [-0.2, 0) is 11.2 Å². The van der Waals surface area contributed by atoms with Crippen molar-refractivity contribution >= 4 is 21.7 Å². The Morgan fingerprint density at radius 1 is 1.35 bits per heavy atom. The van der Waals surface area contributed by atoms with Crippen LogP contribution in [0.2, 0.25) is 0 Å². The Labute approximate surface area is 105 Å². The van der Waals surface area contributed by atoms with Crippen LogP contribution >= 0.6 is 15.9 Å². The second-order valence-corrected chi connectivity index (χ2v) is 4.75. The summed E-state index contributed by atoms with van der Waals surface area (Å²) in [6.45, 7) is 0.687. The molecule has 0 fully saturated rings. The largest absolute Gasteiger partial charge is 0.413 e. The molecule has 0 heterocycles. The Kier molecular flexibility index (Phi) is 3.99. The molecule has 2 N–H and O–H groups in total. The molecule has 0 bridgehead atoms. The molecule has 6 heteroatoms. The summed E-state index contributed by atoms with van der Waals surface area (Å²) in [5.41, 5.74) is 2.71. The van der Waals surface area contributed by atoms with Gasteiger partial charge in [-0.25, -0.2) is 0 Å².